The van der Waals surface area contributed by atoms with Crippen LogP contribution in [0.5, 0.6) is 5.75 Å². The molecule has 2 N–H and O–H groups in total. The highest BCUT2D eigenvalue weighted by Gasteiger charge is 2.38. The highest BCUT2D eigenvalue weighted by Crippen LogP contribution is 2.29. The largest absolute Gasteiger partial charge is 0.463 e. The van der Waals surface area contributed by atoms with Gasteiger partial charge in [0.2, 0.25) is 0 Å². The van der Waals surface area contributed by atoms with Crippen LogP contribution in [0.15, 0.2) is 10.5 Å². The summed E-state index contributed by atoms with van der Waals surface area (Å²) in [7, 11) is 0. The summed E-state index contributed by atoms with van der Waals surface area (Å²) in [5.74, 6) is 1.84. The van der Waals surface area contributed by atoms with Crippen molar-refractivity contribution in [2.45, 2.75) is 71.5 Å². The fourth-order valence-corrected chi connectivity index (χ4v) is 3.43. The molecule has 2 rings (SSSR count). The molecule has 5 nitrogen and oxygen atoms in total. The lowest BCUT2D eigenvalue weighted by Gasteiger charge is -2.46. The van der Waals surface area contributed by atoms with Crippen LogP contribution in [0, 0.1) is 13.8 Å². The Bertz CT molecular complexity index is 516. The van der Waals surface area contributed by atoms with E-state index in [0.29, 0.717) is 11.5 Å². The van der Waals surface area contributed by atoms with Crippen molar-refractivity contribution in [2.75, 3.05) is 0 Å². The Kier molecular flexibility index (Phi) is 4.06. The molecular weight excluding hydrogens is 268 g/mol. The first-order valence-corrected chi connectivity index (χ1v) is 7.41. The zero-order valence-electron chi connectivity index (χ0n) is 13.8. The van der Waals surface area contributed by atoms with Gasteiger partial charge in [0.05, 0.1) is 0 Å². The molecule has 1 aromatic rings. The molecule has 0 atom stereocenters. The van der Waals surface area contributed by atoms with Crippen LogP contribution < -0.4 is 15.4 Å². The van der Waals surface area contributed by atoms with E-state index in [1.165, 1.54) is 0 Å². The summed E-state index contributed by atoms with van der Waals surface area (Å²) in [5, 5.41) is 6.56. The summed E-state index contributed by atoms with van der Waals surface area (Å²) in [4.78, 5) is 12.1. The van der Waals surface area contributed by atoms with Crippen molar-refractivity contribution in [1.82, 2.24) is 10.6 Å². The van der Waals surface area contributed by atoms with E-state index in [-0.39, 0.29) is 17.1 Å². The third kappa shape index (κ3) is 4.24. The van der Waals surface area contributed by atoms with Crippen molar-refractivity contribution >= 4 is 6.09 Å². The minimum atomic E-state index is -0.419. The molecule has 0 aliphatic carbocycles. The Morgan fingerprint density at radius 2 is 1.86 bits per heavy atom. The number of rotatable bonds is 2. The van der Waals surface area contributed by atoms with E-state index in [9.17, 15) is 4.79 Å². The normalized spacial score (nSPS) is 21.0. The van der Waals surface area contributed by atoms with E-state index >= 15 is 0 Å². The van der Waals surface area contributed by atoms with Gasteiger partial charge in [-0.05, 0) is 54.4 Å². The van der Waals surface area contributed by atoms with Crippen molar-refractivity contribution in [1.29, 1.82) is 0 Å². The van der Waals surface area contributed by atoms with E-state index < -0.39 is 6.09 Å². The average Bonchev–Trinajstić information content (AvgIpc) is 2.51. The Labute approximate surface area is 126 Å². The van der Waals surface area contributed by atoms with Gasteiger partial charge in [-0.2, -0.15) is 0 Å². The van der Waals surface area contributed by atoms with Gasteiger partial charge in [-0.25, -0.2) is 4.79 Å². The summed E-state index contributed by atoms with van der Waals surface area (Å²) >= 11 is 0. The summed E-state index contributed by atoms with van der Waals surface area (Å²) in [6, 6.07) is 1.82. The number of amides is 1. The second kappa shape index (κ2) is 5.37. The molecular formula is C16H26N2O3. The molecule has 0 spiro atoms. The number of furan rings is 1. The maximum absolute atomic E-state index is 12.1. The summed E-state index contributed by atoms with van der Waals surface area (Å²) in [6.45, 7) is 12.2. The number of carbonyl (C=O) groups excluding carboxylic acids is 1. The van der Waals surface area contributed by atoms with Gasteiger partial charge in [-0.1, -0.05) is 0 Å². The standard InChI is InChI=1S/C16H26N2O3/c1-10-7-13(11(2)20-10)21-14(19)17-12-8-15(3,4)18-16(5,6)9-12/h7,12,18H,8-9H2,1-6H3,(H,17,19). The number of nitrogens with one attached hydrogen (secondary N) is 2. The lowest BCUT2D eigenvalue weighted by Crippen LogP contribution is -2.62. The highest BCUT2D eigenvalue weighted by atomic mass is 16.6. The number of hydrogen-bond acceptors (Lipinski definition) is 4. The van der Waals surface area contributed by atoms with E-state index in [2.05, 4.69) is 38.3 Å². The average molecular weight is 294 g/mol. The zero-order chi connectivity index (χ0) is 15.8. The van der Waals surface area contributed by atoms with Gasteiger partial charge < -0.3 is 19.8 Å². The van der Waals surface area contributed by atoms with E-state index in [1.807, 2.05) is 6.92 Å². The van der Waals surface area contributed by atoms with Crippen LogP contribution in [0.4, 0.5) is 4.79 Å². The molecule has 1 saturated heterocycles. The monoisotopic (exact) mass is 294 g/mol. The van der Waals surface area contributed by atoms with Crippen molar-refractivity contribution in [2.24, 2.45) is 0 Å². The Morgan fingerprint density at radius 1 is 1.29 bits per heavy atom. The Balaban J connectivity index is 1.97. The van der Waals surface area contributed by atoms with Gasteiger partial charge in [-0.3, -0.25) is 0 Å². The SMILES string of the molecule is Cc1cc(OC(=O)NC2CC(C)(C)NC(C)(C)C2)c(C)o1. The first-order chi connectivity index (χ1) is 9.56. The molecule has 0 saturated carbocycles. The van der Waals surface area contributed by atoms with Crippen molar-refractivity contribution in [3.05, 3.63) is 17.6 Å². The number of piperidine rings is 1. The van der Waals surface area contributed by atoms with Crippen molar-refractivity contribution < 1.29 is 13.9 Å². The molecule has 5 heteroatoms. The molecule has 1 aromatic heterocycles. The molecule has 1 aliphatic heterocycles. The first kappa shape index (κ1) is 15.9. The molecule has 0 aromatic carbocycles. The highest BCUT2D eigenvalue weighted by molar-refractivity contribution is 5.71. The van der Waals surface area contributed by atoms with Gasteiger partial charge in [0, 0.05) is 23.2 Å². The predicted molar refractivity (Wildman–Crippen MR) is 81.7 cm³/mol. The topological polar surface area (TPSA) is 63.5 Å². The number of hydrogen-bond donors (Lipinski definition) is 2. The third-order valence-electron chi connectivity index (χ3n) is 3.71. The van der Waals surface area contributed by atoms with Gasteiger partial charge >= 0.3 is 6.09 Å². The van der Waals surface area contributed by atoms with Crippen LogP contribution in [0.3, 0.4) is 0 Å². The second-order valence-corrected chi connectivity index (χ2v) is 7.31. The van der Waals surface area contributed by atoms with Crippen LogP contribution in [0.1, 0.15) is 52.1 Å². The summed E-state index contributed by atoms with van der Waals surface area (Å²) < 4.78 is 10.7. The maximum Gasteiger partial charge on any atom is 0.412 e. The molecule has 2 heterocycles. The van der Waals surface area contributed by atoms with Crippen molar-refractivity contribution in [3.8, 4) is 5.75 Å². The first-order valence-electron chi connectivity index (χ1n) is 7.41. The number of carbonyl (C=O) groups is 1. The second-order valence-electron chi connectivity index (χ2n) is 7.31. The van der Waals surface area contributed by atoms with Gasteiger partial charge in [0.25, 0.3) is 0 Å². The molecule has 1 fully saturated rings. The lowest BCUT2D eigenvalue weighted by atomic mass is 9.80. The van der Waals surface area contributed by atoms with E-state index in [1.54, 1.807) is 13.0 Å². The molecule has 1 aliphatic rings. The maximum atomic E-state index is 12.1. The quantitative estimate of drug-likeness (QED) is 0.878. The fourth-order valence-electron chi connectivity index (χ4n) is 3.43. The molecule has 0 radical (unpaired) electrons. The smallest absolute Gasteiger partial charge is 0.412 e. The van der Waals surface area contributed by atoms with Crippen LogP contribution >= 0.6 is 0 Å². The van der Waals surface area contributed by atoms with E-state index in [4.69, 9.17) is 9.15 Å². The Hall–Kier alpha value is -1.49. The van der Waals surface area contributed by atoms with Gasteiger partial charge in [-0.15, -0.1) is 0 Å². The minimum absolute atomic E-state index is 0.0121. The molecule has 0 unspecified atom stereocenters. The number of ether oxygens (including phenoxy) is 1. The fraction of sp³-hybridized carbons (Fsp3) is 0.688. The number of aryl methyl sites for hydroxylation is 2. The third-order valence-corrected chi connectivity index (χ3v) is 3.71. The minimum Gasteiger partial charge on any atom is -0.463 e. The molecule has 21 heavy (non-hydrogen) atoms. The zero-order valence-corrected chi connectivity index (χ0v) is 13.8. The van der Waals surface area contributed by atoms with Gasteiger partial charge in [0.1, 0.15) is 11.5 Å². The van der Waals surface area contributed by atoms with Gasteiger partial charge in [0.15, 0.2) is 5.75 Å². The Morgan fingerprint density at radius 3 is 2.33 bits per heavy atom. The van der Waals surface area contributed by atoms with Crippen LogP contribution in [0.2, 0.25) is 0 Å². The summed E-state index contributed by atoms with van der Waals surface area (Å²) in [6.07, 6.45) is 1.32. The lowest BCUT2D eigenvalue weighted by molar-refractivity contribution is 0.138. The summed E-state index contributed by atoms with van der Waals surface area (Å²) in [5.41, 5.74) is -0.0241. The van der Waals surface area contributed by atoms with E-state index in [0.717, 1.165) is 18.6 Å². The predicted octanol–water partition coefficient (Wildman–Crippen LogP) is 3.29. The molecule has 118 valence electrons. The van der Waals surface area contributed by atoms with Crippen molar-refractivity contribution in [3.63, 3.8) is 0 Å². The van der Waals surface area contributed by atoms with Crippen LogP contribution in [0.25, 0.3) is 0 Å². The molecule has 0 bridgehead atoms. The van der Waals surface area contributed by atoms with Crippen LogP contribution in [-0.2, 0) is 0 Å². The van der Waals surface area contributed by atoms with Crippen LogP contribution in [-0.4, -0.2) is 23.2 Å². The molecule has 1 amide bonds.